The van der Waals surface area contributed by atoms with Gasteiger partial charge in [-0.05, 0) is 31.2 Å². The van der Waals surface area contributed by atoms with Crippen molar-refractivity contribution in [3.63, 3.8) is 0 Å². The summed E-state index contributed by atoms with van der Waals surface area (Å²) >= 11 is 0. The fraction of sp³-hybridized carbons (Fsp3) is 0.647. The lowest BCUT2D eigenvalue weighted by Crippen LogP contribution is -2.44. The minimum Gasteiger partial charge on any atom is -0.390 e. The maximum atomic E-state index is 12.6. The molecule has 5 nitrogen and oxygen atoms in total. The third kappa shape index (κ3) is 2.47. The van der Waals surface area contributed by atoms with E-state index in [9.17, 15) is 14.7 Å². The van der Waals surface area contributed by atoms with Crippen molar-refractivity contribution >= 4 is 5.91 Å². The molecule has 2 heterocycles. The van der Waals surface area contributed by atoms with Gasteiger partial charge in [0.25, 0.3) is 11.5 Å². The van der Waals surface area contributed by atoms with Gasteiger partial charge in [0.05, 0.1) is 5.60 Å². The van der Waals surface area contributed by atoms with Crippen molar-refractivity contribution in [2.24, 2.45) is 18.9 Å². The molecule has 0 spiro atoms. The van der Waals surface area contributed by atoms with Crippen molar-refractivity contribution in [2.45, 2.75) is 38.2 Å². The van der Waals surface area contributed by atoms with Crippen LogP contribution in [0.4, 0.5) is 0 Å². The van der Waals surface area contributed by atoms with Crippen LogP contribution in [0.25, 0.3) is 0 Å². The fourth-order valence-electron chi connectivity index (χ4n) is 4.10. The number of nitrogens with zero attached hydrogens (tertiary/aromatic N) is 2. The van der Waals surface area contributed by atoms with Crippen molar-refractivity contribution in [1.29, 1.82) is 0 Å². The number of carbonyl (C=O) groups excluding carboxylic acids is 1. The molecular formula is C17H24N2O3. The van der Waals surface area contributed by atoms with Crippen LogP contribution in [0.5, 0.6) is 0 Å². The van der Waals surface area contributed by atoms with Crippen LogP contribution in [0.1, 0.15) is 43.0 Å². The number of rotatable bonds is 2. The molecule has 0 unspecified atom stereocenters. The first-order valence-corrected chi connectivity index (χ1v) is 8.13. The zero-order valence-electron chi connectivity index (χ0n) is 13.3. The summed E-state index contributed by atoms with van der Waals surface area (Å²) in [6.45, 7) is 3.32. The van der Waals surface area contributed by atoms with E-state index >= 15 is 0 Å². The second kappa shape index (κ2) is 5.54. The van der Waals surface area contributed by atoms with Gasteiger partial charge in [-0.15, -0.1) is 0 Å². The predicted molar refractivity (Wildman–Crippen MR) is 83.7 cm³/mol. The van der Waals surface area contributed by atoms with Gasteiger partial charge in [-0.25, -0.2) is 0 Å². The zero-order valence-corrected chi connectivity index (χ0v) is 13.3. The van der Waals surface area contributed by atoms with E-state index in [1.807, 2.05) is 11.8 Å². The van der Waals surface area contributed by atoms with Crippen LogP contribution in [0.3, 0.4) is 0 Å². The van der Waals surface area contributed by atoms with Crippen LogP contribution in [-0.2, 0) is 7.05 Å². The second-order valence-electron chi connectivity index (χ2n) is 6.79. The molecule has 3 atom stereocenters. The summed E-state index contributed by atoms with van der Waals surface area (Å²) in [6, 6.07) is 3.09. The Labute approximate surface area is 130 Å². The summed E-state index contributed by atoms with van der Waals surface area (Å²) in [5.41, 5.74) is -0.362. The maximum Gasteiger partial charge on any atom is 0.254 e. The van der Waals surface area contributed by atoms with Crippen molar-refractivity contribution in [2.75, 3.05) is 13.1 Å². The van der Waals surface area contributed by atoms with Crippen molar-refractivity contribution < 1.29 is 9.90 Å². The molecule has 1 saturated carbocycles. The highest BCUT2D eigenvalue weighted by Crippen LogP contribution is 2.44. The zero-order chi connectivity index (χ0) is 15.9. The molecule has 1 aliphatic carbocycles. The highest BCUT2D eigenvalue weighted by molar-refractivity contribution is 5.94. The number of fused-ring (bicyclic) bond motifs is 1. The molecule has 2 aliphatic rings. The molecule has 0 bridgehead atoms. The van der Waals surface area contributed by atoms with Crippen LogP contribution in [0, 0.1) is 11.8 Å². The first kappa shape index (κ1) is 15.3. The van der Waals surface area contributed by atoms with Crippen molar-refractivity contribution in [1.82, 2.24) is 9.47 Å². The number of likely N-dealkylation sites (tertiary alicyclic amines) is 1. The Bertz CT molecular complexity index is 639. The molecule has 120 valence electrons. The average Bonchev–Trinajstić information content (AvgIpc) is 2.95. The summed E-state index contributed by atoms with van der Waals surface area (Å²) in [4.78, 5) is 26.2. The van der Waals surface area contributed by atoms with Crippen LogP contribution in [0.2, 0.25) is 0 Å². The van der Waals surface area contributed by atoms with E-state index in [1.54, 1.807) is 19.3 Å². The molecule has 1 aromatic heterocycles. The van der Waals surface area contributed by atoms with Crippen LogP contribution < -0.4 is 5.56 Å². The Hall–Kier alpha value is -1.62. The number of hydrogen-bond donors (Lipinski definition) is 1. The highest BCUT2D eigenvalue weighted by atomic mass is 16.3. The number of carbonyl (C=O) groups is 1. The van der Waals surface area contributed by atoms with Crippen molar-refractivity contribution in [3.8, 4) is 0 Å². The molecule has 1 amide bonds. The van der Waals surface area contributed by atoms with E-state index in [1.165, 1.54) is 10.6 Å². The third-order valence-electron chi connectivity index (χ3n) is 5.57. The number of aliphatic hydroxyl groups is 1. The van der Waals surface area contributed by atoms with Gasteiger partial charge in [0.1, 0.15) is 0 Å². The van der Waals surface area contributed by atoms with Gasteiger partial charge < -0.3 is 14.6 Å². The smallest absolute Gasteiger partial charge is 0.254 e. The first-order valence-electron chi connectivity index (χ1n) is 8.13. The number of amides is 1. The standard InChI is InChI=1S/C17H24N2O3/c1-3-17(22)7-4-5-13-10-19(11-14(13)17)16(21)12-6-8-18(2)15(20)9-12/h6,8-9,13-14,22H,3-5,7,10-11H2,1-2H3/t13-,14+,17-/m0/s1. The molecule has 1 N–H and O–H groups in total. The third-order valence-corrected chi connectivity index (χ3v) is 5.57. The van der Waals surface area contributed by atoms with Gasteiger partial charge in [0, 0.05) is 43.9 Å². The monoisotopic (exact) mass is 304 g/mol. The molecule has 1 saturated heterocycles. The predicted octanol–water partition coefficient (Wildman–Crippen LogP) is 1.40. The quantitative estimate of drug-likeness (QED) is 0.898. The minimum atomic E-state index is -0.634. The van der Waals surface area contributed by atoms with E-state index in [0.29, 0.717) is 24.6 Å². The van der Waals surface area contributed by atoms with Gasteiger partial charge >= 0.3 is 0 Å². The Balaban J connectivity index is 1.81. The van der Waals surface area contributed by atoms with E-state index in [-0.39, 0.29) is 17.4 Å². The number of pyridine rings is 1. The summed E-state index contributed by atoms with van der Waals surface area (Å²) in [7, 11) is 1.67. The number of aromatic nitrogens is 1. The Morgan fingerprint density at radius 1 is 1.45 bits per heavy atom. The maximum absolute atomic E-state index is 12.6. The van der Waals surface area contributed by atoms with Gasteiger partial charge in [0.15, 0.2) is 0 Å². The number of aryl methyl sites for hydroxylation is 1. The molecule has 0 radical (unpaired) electrons. The molecule has 22 heavy (non-hydrogen) atoms. The normalized spacial score (nSPS) is 31.1. The van der Waals surface area contributed by atoms with Crippen LogP contribution in [0.15, 0.2) is 23.1 Å². The topological polar surface area (TPSA) is 62.5 Å². The summed E-state index contributed by atoms with van der Waals surface area (Å²) < 4.78 is 1.45. The number of hydrogen-bond acceptors (Lipinski definition) is 3. The lowest BCUT2D eigenvalue weighted by atomic mass is 9.69. The molecule has 3 rings (SSSR count). The Morgan fingerprint density at radius 2 is 2.23 bits per heavy atom. The van der Waals surface area contributed by atoms with E-state index in [4.69, 9.17) is 0 Å². The van der Waals surface area contributed by atoms with Crippen LogP contribution >= 0.6 is 0 Å². The molecule has 5 heteroatoms. The second-order valence-corrected chi connectivity index (χ2v) is 6.79. The molecule has 2 fully saturated rings. The van der Waals surface area contributed by atoms with Crippen LogP contribution in [-0.4, -0.2) is 39.2 Å². The largest absolute Gasteiger partial charge is 0.390 e. The minimum absolute atomic E-state index is 0.0921. The van der Waals surface area contributed by atoms with Gasteiger partial charge in [-0.1, -0.05) is 13.3 Å². The highest BCUT2D eigenvalue weighted by Gasteiger charge is 2.48. The summed E-state index contributed by atoms with van der Waals surface area (Å²) in [5, 5.41) is 10.8. The molecule has 1 aromatic rings. The van der Waals surface area contributed by atoms with E-state index in [2.05, 4.69) is 0 Å². The average molecular weight is 304 g/mol. The summed E-state index contributed by atoms with van der Waals surface area (Å²) in [6.07, 6.45) is 5.30. The van der Waals surface area contributed by atoms with E-state index < -0.39 is 5.60 Å². The molecule has 1 aliphatic heterocycles. The SMILES string of the molecule is CC[C@]1(O)CCC[C@H]2CN(C(=O)c3ccn(C)c(=O)c3)C[C@H]21. The van der Waals surface area contributed by atoms with Gasteiger partial charge in [-0.2, -0.15) is 0 Å². The van der Waals surface area contributed by atoms with Gasteiger partial charge in [-0.3, -0.25) is 9.59 Å². The lowest BCUT2D eigenvalue weighted by molar-refractivity contribution is -0.0609. The fourth-order valence-corrected chi connectivity index (χ4v) is 4.10. The van der Waals surface area contributed by atoms with Crippen molar-refractivity contribution in [3.05, 3.63) is 34.2 Å². The lowest BCUT2D eigenvalue weighted by Gasteiger charge is -2.40. The Morgan fingerprint density at radius 3 is 2.91 bits per heavy atom. The molecule has 0 aromatic carbocycles. The molecular weight excluding hydrogens is 280 g/mol. The Kier molecular flexibility index (Phi) is 3.85. The van der Waals surface area contributed by atoms with E-state index in [0.717, 1.165) is 25.7 Å². The summed E-state index contributed by atoms with van der Waals surface area (Å²) in [5.74, 6) is 0.460. The van der Waals surface area contributed by atoms with Gasteiger partial charge in [0.2, 0.25) is 0 Å². The first-order chi connectivity index (χ1) is 10.4.